The average molecular weight is 182 g/mol. The number of benzene rings is 1. The summed E-state index contributed by atoms with van der Waals surface area (Å²) >= 11 is 0. The van der Waals surface area contributed by atoms with E-state index in [0.717, 1.165) is 0 Å². The third kappa shape index (κ3) is 2.43. The predicted octanol–water partition coefficient (Wildman–Crippen LogP) is 0.690. The molecule has 1 aromatic carbocycles. The highest BCUT2D eigenvalue weighted by Gasteiger charge is 2.03. The van der Waals surface area contributed by atoms with Crippen molar-refractivity contribution < 1.29 is 14.5 Å². The lowest BCUT2D eigenvalue weighted by Crippen LogP contribution is -2.07. The summed E-state index contributed by atoms with van der Waals surface area (Å²) in [4.78, 5) is 15.2. The molecule has 0 bridgehead atoms. The van der Waals surface area contributed by atoms with E-state index in [1.54, 1.807) is 24.3 Å². The maximum absolute atomic E-state index is 11.0. The molecule has 0 saturated heterocycles. The molecule has 0 heterocycles. The molecule has 0 atom stereocenters. The minimum Gasteiger partial charge on any atom is -0.465 e. The fraction of sp³-hybridized carbons (Fsp3) is 0.125. The minimum absolute atomic E-state index is 0.375. The number of nitrogens with one attached hydrogen (secondary N) is 1. The van der Waals surface area contributed by atoms with E-state index in [1.807, 2.05) is 0 Å². The molecular formula is C8H10N2O3. The van der Waals surface area contributed by atoms with Crippen LogP contribution in [0.25, 0.3) is 0 Å². The molecule has 0 aliphatic carbocycles. The summed E-state index contributed by atoms with van der Waals surface area (Å²) in [6, 6.07) is 6.51. The number of carbonyl (C=O) groups excluding carboxylic acids is 1. The van der Waals surface area contributed by atoms with Crippen LogP contribution >= 0.6 is 0 Å². The van der Waals surface area contributed by atoms with E-state index in [9.17, 15) is 4.79 Å². The average Bonchev–Trinajstić information content (AvgIpc) is 2.18. The molecule has 0 unspecified atom stereocenters. The highest BCUT2D eigenvalue weighted by atomic mass is 16.8. The van der Waals surface area contributed by atoms with Gasteiger partial charge in [-0.25, -0.2) is 10.3 Å². The van der Waals surface area contributed by atoms with Gasteiger partial charge in [0.15, 0.2) is 0 Å². The number of anilines is 1. The summed E-state index contributed by atoms with van der Waals surface area (Å²) < 4.78 is 4.52. The van der Waals surface area contributed by atoms with Crippen LogP contribution < -0.4 is 11.4 Å². The van der Waals surface area contributed by atoms with Gasteiger partial charge in [-0.2, -0.15) is 10.8 Å². The van der Waals surface area contributed by atoms with E-state index in [2.05, 4.69) is 15.2 Å². The molecule has 0 aromatic heterocycles. The molecule has 0 saturated carbocycles. The van der Waals surface area contributed by atoms with Gasteiger partial charge < -0.3 is 4.74 Å². The summed E-state index contributed by atoms with van der Waals surface area (Å²) in [6.45, 7) is 0. The van der Waals surface area contributed by atoms with Crippen LogP contribution in [0.5, 0.6) is 0 Å². The molecule has 0 aliphatic rings. The second-order valence-corrected chi connectivity index (χ2v) is 2.29. The van der Waals surface area contributed by atoms with Crippen LogP contribution in [0.4, 0.5) is 5.69 Å². The van der Waals surface area contributed by atoms with Crippen molar-refractivity contribution in [2.24, 2.45) is 5.90 Å². The molecule has 13 heavy (non-hydrogen) atoms. The molecule has 0 radical (unpaired) electrons. The van der Waals surface area contributed by atoms with E-state index in [1.165, 1.54) is 7.11 Å². The molecule has 5 heteroatoms. The third-order valence-electron chi connectivity index (χ3n) is 1.48. The third-order valence-corrected chi connectivity index (χ3v) is 1.48. The lowest BCUT2D eigenvalue weighted by atomic mass is 10.2. The maximum Gasteiger partial charge on any atom is 0.337 e. The number of methoxy groups -OCH3 is 1. The molecule has 1 aromatic rings. The summed E-state index contributed by atoms with van der Waals surface area (Å²) in [5.74, 6) is 4.41. The second-order valence-electron chi connectivity index (χ2n) is 2.29. The lowest BCUT2D eigenvalue weighted by molar-refractivity contribution is 0.0601. The zero-order valence-electron chi connectivity index (χ0n) is 7.11. The molecule has 0 spiro atoms. The molecule has 1 rings (SSSR count). The van der Waals surface area contributed by atoms with E-state index in [-0.39, 0.29) is 5.97 Å². The summed E-state index contributed by atoms with van der Waals surface area (Å²) in [5.41, 5.74) is 3.56. The van der Waals surface area contributed by atoms with Crippen molar-refractivity contribution in [2.45, 2.75) is 0 Å². The number of esters is 1. The fourth-order valence-corrected chi connectivity index (χ4v) is 0.860. The molecule has 0 fully saturated rings. The van der Waals surface area contributed by atoms with Gasteiger partial charge in [0.1, 0.15) is 0 Å². The molecule has 70 valence electrons. The lowest BCUT2D eigenvalue weighted by Gasteiger charge is -2.02. The zero-order chi connectivity index (χ0) is 9.68. The van der Waals surface area contributed by atoms with Gasteiger partial charge in [-0.1, -0.05) is 0 Å². The Morgan fingerprint density at radius 3 is 2.46 bits per heavy atom. The first kappa shape index (κ1) is 9.50. The maximum atomic E-state index is 11.0. The van der Waals surface area contributed by atoms with Crippen molar-refractivity contribution in [2.75, 3.05) is 12.6 Å². The van der Waals surface area contributed by atoms with Crippen LogP contribution in [0, 0.1) is 0 Å². The van der Waals surface area contributed by atoms with Gasteiger partial charge in [-0.05, 0) is 24.3 Å². The van der Waals surface area contributed by atoms with Crippen LogP contribution in [0.2, 0.25) is 0 Å². The highest BCUT2D eigenvalue weighted by Crippen LogP contribution is 2.09. The van der Waals surface area contributed by atoms with Crippen LogP contribution in [0.3, 0.4) is 0 Å². The van der Waals surface area contributed by atoms with E-state index in [4.69, 9.17) is 5.90 Å². The van der Waals surface area contributed by atoms with Gasteiger partial charge >= 0.3 is 5.97 Å². The Hall–Kier alpha value is -1.59. The van der Waals surface area contributed by atoms with Crippen LogP contribution in [0.15, 0.2) is 24.3 Å². The van der Waals surface area contributed by atoms with Crippen molar-refractivity contribution in [3.63, 3.8) is 0 Å². The zero-order valence-corrected chi connectivity index (χ0v) is 7.11. The van der Waals surface area contributed by atoms with Crippen LogP contribution in [-0.4, -0.2) is 13.1 Å². The van der Waals surface area contributed by atoms with E-state index >= 15 is 0 Å². The Balaban J connectivity index is 2.75. The topological polar surface area (TPSA) is 73.6 Å². The molecule has 0 aliphatic heterocycles. The van der Waals surface area contributed by atoms with Gasteiger partial charge in [-0.3, -0.25) is 0 Å². The van der Waals surface area contributed by atoms with Gasteiger partial charge in [0.05, 0.1) is 18.4 Å². The first-order valence-electron chi connectivity index (χ1n) is 3.58. The van der Waals surface area contributed by atoms with Crippen LogP contribution in [-0.2, 0) is 9.68 Å². The smallest absolute Gasteiger partial charge is 0.337 e. The number of nitrogens with two attached hydrogens (primary N) is 1. The summed E-state index contributed by atoms with van der Waals surface area (Å²) in [5, 5.41) is 0. The Morgan fingerprint density at radius 1 is 1.38 bits per heavy atom. The number of hydrogen-bond donors (Lipinski definition) is 2. The quantitative estimate of drug-likeness (QED) is 0.531. The normalized spacial score (nSPS) is 9.38. The van der Waals surface area contributed by atoms with Crippen molar-refractivity contribution in [3.8, 4) is 0 Å². The SMILES string of the molecule is COC(=O)c1ccc(NON)cc1. The Labute approximate surface area is 75.3 Å². The number of rotatable bonds is 3. The highest BCUT2D eigenvalue weighted by molar-refractivity contribution is 5.89. The van der Waals surface area contributed by atoms with E-state index in [0.29, 0.717) is 11.3 Å². The fourth-order valence-electron chi connectivity index (χ4n) is 0.860. The van der Waals surface area contributed by atoms with Crippen LogP contribution in [0.1, 0.15) is 10.4 Å². The van der Waals surface area contributed by atoms with Crippen molar-refractivity contribution in [1.82, 2.24) is 0 Å². The molecule has 5 nitrogen and oxygen atoms in total. The Morgan fingerprint density at radius 2 is 2.00 bits per heavy atom. The monoisotopic (exact) mass is 182 g/mol. The molecule has 3 N–H and O–H groups in total. The van der Waals surface area contributed by atoms with Gasteiger partial charge in [0, 0.05) is 0 Å². The van der Waals surface area contributed by atoms with Crippen molar-refractivity contribution in [1.29, 1.82) is 0 Å². The Bertz CT molecular complexity index is 284. The number of ether oxygens (including phenoxy) is 1. The standard InChI is InChI=1S/C8H10N2O3/c1-12-8(11)6-2-4-7(5-3-6)10-13-9/h2-5,10H,9H2,1H3. The van der Waals surface area contributed by atoms with Gasteiger partial charge in [-0.15, -0.1) is 0 Å². The predicted molar refractivity (Wildman–Crippen MR) is 46.7 cm³/mol. The summed E-state index contributed by atoms with van der Waals surface area (Å²) in [6.07, 6.45) is 0. The first-order chi connectivity index (χ1) is 6.27. The van der Waals surface area contributed by atoms with Gasteiger partial charge in [0.2, 0.25) is 0 Å². The number of carbonyl (C=O) groups is 1. The largest absolute Gasteiger partial charge is 0.465 e. The molecule has 0 amide bonds. The first-order valence-corrected chi connectivity index (χ1v) is 3.58. The minimum atomic E-state index is -0.375. The van der Waals surface area contributed by atoms with E-state index < -0.39 is 0 Å². The summed E-state index contributed by atoms with van der Waals surface area (Å²) in [7, 11) is 1.33. The van der Waals surface area contributed by atoms with Crippen molar-refractivity contribution in [3.05, 3.63) is 29.8 Å². The Kier molecular flexibility index (Phi) is 3.24. The second kappa shape index (κ2) is 4.44. The number of hydrogen-bond acceptors (Lipinski definition) is 5. The van der Waals surface area contributed by atoms with Gasteiger partial charge in [0.25, 0.3) is 0 Å². The van der Waals surface area contributed by atoms with Crippen molar-refractivity contribution >= 4 is 11.7 Å². The molecular weight excluding hydrogens is 172 g/mol.